The third-order valence-electron chi connectivity index (χ3n) is 7.66. The number of methoxy groups -OCH3 is 1. The van der Waals surface area contributed by atoms with Crippen LogP contribution in [0.4, 0.5) is 5.69 Å². The number of carbonyl (C=O) groups excluding carboxylic acids is 1. The first-order valence-corrected chi connectivity index (χ1v) is 13.5. The molecule has 39 heavy (non-hydrogen) atoms. The fourth-order valence-electron chi connectivity index (χ4n) is 5.68. The summed E-state index contributed by atoms with van der Waals surface area (Å²) >= 11 is 0. The molecule has 2 heterocycles. The number of para-hydroxylation sites is 1. The lowest BCUT2D eigenvalue weighted by Gasteiger charge is -2.25. The highest BCUT2D eigenvalue weighted by Crippen LogP contribution is 2.47. The Bertz CT molecular complexity index is 1290. The highest BCUT2D eigenvalue weighted by Gasteiger charge is 2.36. The summed E-state index contributed by atoms with van der Waals surface area (Å²) in [5, 5.41) is 12.3. The van der Waals surface area contributed by atoms with Crippen molar-refractivity contribution in [2.45, 2.75) is 45.1 Å². The Labute approximate surface area is 229 Å². The maximum Gasteiger partial charge on any atom is 0.238 e. The quantitative estimate of drug-likeness (QED) is 0.354. The summed E-state index contributed by atoms with van der Waals surface area (Å²) in [6.45, 7) is 4.98. The largest absolute Gasteiger partial charge is 0.493 e. The van der Waals surface area contributed by atoms with Crippen molar-refractivity contribution in [3.63, 3.8) is 0 Å². The summed E-state index contributed by atoms with van der Waals surface area (Å²) in [4.78, 5) is 15.7. The van der Waals surface area contributed by atoms with E-state index in [1.54, 1.807) is 7.11 Å². The van der Waals surface area contributed by atoms with Gasteiger partial charge in [-0.3, -0.25) is 9.69 Å². The number of carbonyl (C=O) groups is 1. The van der Waals surface area contributed by atoms with E-state index >= 15 is 0 Å². The lowest BCUT2D eigenvalue weighted by Crippen LogP contribution is -2.33. The monoisotopic (exact) mass is 532 g/mol. The van der Waals surface area contributed by atoms with E-state index in [0.29, 0.717) is 29.5 Å². The van der Waals surface area contributed by atoms with Gasteiger partial charge in [0.2, 0.25) is 18.4 Å². The summed E-state index contributed by atoms with van der Waals surface area (Å²) in [6.07, 6.45) is 2.53. The van der Waals surface area contributed by atoms with Gasteiger partial charge in [0, 0.05) is 18.3 Å². The third-order valence-corrected chi connectivity index (χ3v) is 7.66. The van der Waals surface area contributed by atoms with Crippen LogP contribution in [-0.4, -0.2) is 49.7 Å². The van der Waals surface area contributed by atoms with Crippen LogP contribution in [0.5, 0.6) is 23.0 Å². The van der Waals surface area contributed by atoms with Crippen LogP contribution in [0.1, 0.15) is 54.5 Å². The van der Waals surface area contributed by atoms with Gasteiger partial charge in [0.1, 0.15) is 5.75 Å². The number of aliphatic hydroxyl groups excluding tert-OH is 1. The van der Waals surface area contributed by atoms with Crippen LogP contribution in [0.25, 0.3) is 0 Å². The maximum atomic E-state index is 13.5. The van der Waals surface area contributed by atoms with Gasteiger partial charge in [-0.25, -0.2) is 0 Å². The molecule has 0 aliphatic carbocycles. The highest BCUT2D eigenvalue weighted by atomic mass is 16.7. The number of hydrogen-bond donors (Lipinski definition) is 2. The molecular weight excluding hydrogens is 496 g/mol. The van der Waals surface area contributed by atoms with Crippen molar-refractivity contribution in [2.24, 2.45) is 0 Å². The highest BCUT2D eigenvalue weighted by molar-refractivity contribution is 5.94. The topological polar surface area (TPSA) is 89.5 Å². The predicted octanol–water partition coefficient (Wildman–Crippen LogP) is 5.05. The normalized spacial score (nSPS) is 18.3. The van der Waals surface area contributed by atoms with Gasteiger partial charge in [-0.05, 0) is 71.7 Å². The number of hydrogen-bond acceptors (Lipinski definition) is 7. The van der Waals surface area contributed by atoms with Crippen LogP contribution >= 0.6 is 0 Å². The van der Waals surface area contributed by atoms with Crippen LogP contribution in [-0.2, 0) is 17.6 Å². The second-order valence-corrected chi connectivity index (χ2v) is 9.88. The molecule has 0 unspecified atom stereocenters. The van der Waals surface area contributed by atoms with E-state index in [1.807, 2.05) is 36.4 Å². The summed E-state index contributed by atoms with van der Waals surface area (Å²) < 4.78 is 22.1. The first-order chi connectivity index (χ1) is 19.0. The Morgan fingerprint density at radius 3 is 2.46 bits per heavy atom. The molecule has 2 aliphatic rings. The van der Waals surface area contributed by atoms with Crippen LogP contribution in [0.15, 0.2) is 54.6 Å². The van der Waals surface area contributed by atoms with Crippen molar-refractivity contribution in [1.29, 1.82) is 0 Å². The molecule has 0 spiro atoms. The van der Waals surface area contributed by atoms with Gasteiger partial charge in [-0.1, -0.05) is 44.2 Å². The number of benzene rings is 3. The van der Waals surface area contributed by atoms with E-state index in [9.17, 15) is 4.79 Å². The van der Waals surface area contributed by atoms with E-state index in [-0.39, 0.29) is 38.0 Å². The molecule has 2 N–H and O–H groups in total. The average Bonchev–Trinajstić information content (AvgIpc) is 3.60. The molecule has 1 amide bonds. The Hall–Kier alpha value is -3.75. The molecule has 0 radical (unpaired) electrons. The van der Waals surface area contributed by atoms with E-state index in [0.717, 1.165) is 47.2 Å². The van der Waals surface area contributed by atoms with Crippen molar-refractivity contribution >= 4 is 11.6 Å². The van der Waals surface area contributed by atoms with Crippen LogP contribution in [0, 0.1) is 0 Å². The molecular formula is C31H36N2O6. The molecule has 3 aromatic carbocycles. The number of nitrogens with zero attached hydrogens (tertiary/aromatic N) is 1. The molecule has 8 heteroatoms. The van der Waals surface area contributed by atoms with Gasteiger partial charge in [-0.2, -0.15) is 0 Å². The van der Waals surface area contributed by atoms with Crippen LogP contribution in [0.2, 0.25) is 0 Å². The minimum atomic E-state index is -0.373. The van der Waals surface area contributed by atoms with Crippen molar-refractivity contribution in [3.05, 3.63) is 76.9 Å². The van der Waals surface area contributed by atoms with E-state index in [1.165, 1.54) is 0 Å². The maximum absolute atomic E-state index is 13.5. The molecule has 0 bridgehead atoms. The predicted molar refractivity (Wildman–Crippen MR) is 149 cm³/mol. The van der Waals surface area contributed by atoms with Crippen molar-refractivity contribution in [1.82, 2.24) is 4.90 Å². The number of anilines is 1. The molecule has 5 rings (SSSR count). The van der Waals surface area contributed by atoms with E-state index < -0.39 is 0 Å². The molecule has 206 valence electrons. The van der Waals surface area contributed by atoms with Gasteiger partial charge in [0.05, 0.1) is 13.7 Å². The van der Waals surface area contributed by atoms with Crippen molar-refractivity contribution in [3.8, 4) is 23.0 Å². The van der Waals surface area contributed by atoms with Gasteiger partial charge >= 0.3 is 0 Å². The zero-order valence-electron chi connectivity index (χ0n) is 22.7. The van der Waals surface area contributed by atoms with E-state index in [2.05, 4.69) is 42.3 Å². The van der Waals surface area contributed by atoms with Crippen LogP contribution in [0.3, 0.4) is 0 Å². The zero-order chi connectivity index (χ0) is 27.4. The second-order valence-electron chi connectivity index (χ2n) is 9.88. The van der Waals surface area contributed by atoms with Crippen LogP contribution < -0.4 is 24.3 Å². The zero-order valence-corrected chi connectivity index (χ0v) is 22.7. The molecule has 0 saturated carbocycles. The Balaban J connectivity index is 1.41. The minimum Gasteiger partial charge on any atom is -0.493 e. The summed E-state index contributed by atoms with van der Waals surface area (Å²) in [7, 11) is 1.63. The summed E-state index contributed by atoms with van der Waals surface area (Å²) in [5.41, 5.74) is 5.40. The number of aliphatic hydroxyl groups is 1. The van der Waals surface area contributed by atoms with Gasteiger partial charge in [0.15, 0.2) is 18.3 Å². The lowest BCUT2D eigenvalue weighted by molar-refractivity contribution is -0.117. The Kier molecular flexibility index (Phi) is 8.24. The molecule has 2 atom stereocenters. The number of likely N-dealkylation sites (tertiary alicyclic amines) is 1. The molecule has 2 aliphatic heterocycles. The number of nitrogens with one attached hydrogen (secondary N) is 1. The van der Waals surface area contributed by atoms with E-state index in [4.69, 9.17) is 24.1 Å². The first kappa shape index (κ1) is 26.8. The molecule has 1 fully saturated rings. The first-order valence-electron chi connectivity index (χ1n) is 13.5. The third kappa shape index (κ3) is 5.67. The molecule has 0 aromatic heterocycles. The smallest absolute Gasteiger partial charge is 0.238 e. The number of rotatable bonds is 10. The minimum absolute atomic E-state index is 0.0207. The fourth-order valence-corrected chi connectivity index (χ4v) is 5.68. The number of aryl methyl sites for hydroxylation is 2. The molecule has 8 nitrogen and oxygen atoms in total. The van der Waals surface area contributed by atoms with Crippen molar-refractivity contribution < 1.29 is 28.8 Å². The Morgan fingerprint density at radius 1 is 1.05 bits per heavy atom. The molecule has 3 aromatic rings. The summed E-state index contributed by atoms with van der Waals surface area (Å²) in [5.74, 6) is 2.71. The number of fused-ring (bicyclic) bond motifs is 1. The lowest BCUT2D eigenvalue weighted by atomic mass is 9.93. The average molecular weight is 533 g/mol. The van der Waals surface area contributed by atoms with Gasteiger partial charge in [0.25, 0.3) is 0 Å². The Morgan fingerprint density at radius 2 is 1.79 bits per heavy atom. The van der Waals surface area contributed by atoms with Gasteiger partial charge in [-0.15, -0.1) is 0 Å². The number of amides is 1. The standard InChI is InChI=1S/C31H36N2O6/c1-4-20-7-6-8-21(5-2)30(20)32-29(35)17-33-16-24(13-26(33)22-9-11-25(12-10-22)37-18-34)23-14-27(36-3)31-28(15-23)38-19-39-31/h6-12,14-15,24,26,34H,4-5,13,16-19H2,1-3H3,(H,32,35)/t24-,26-/m1/s1. The second kappa shape index (κ2) is 12.0. The SMILES string of the molecule is CCc1cccc(CC)c1NC(=O)CN1C[C@H](c2cc(OC)c3c(c2)OCO3)C[C@@H]1c1ccc(OCO)cc1. The van der Waals surface area contributed by atoms with Crippen molar-refractivity contribution in [2.75, 3.05) is 39.1 Å². The summed E-state index contributed by atoms with van der Waals surface area (Å²) in [6, 6.07) is 18.0. The fraction of sp³-hybridized carbons (Fsp3) is 0.387. The molecule has 1 saturated heterocycles. The van der Waals surface area contributed by atoms with Gasteiger partial charge < -0.3 is 29.4 Å². The number of ether oxygens (including phenoxy) is 4.